The molecule has 0 saturated carbocycles. The zero-order chi connectivity index (χ0) is 12.3. The third kappa shape index (κ3) is 2.87. The largest absolute Gasteiger partial charge is 0.379 e. The van der Waals surface area contributed by atoms with E-state index in [4.69, 9.17) is 0 Å². The molecule has 0 unspecified atom stereocenters. The highest BCUT2D eigenvalue weighted by molar-refractivity contribution is 5.44. The van der Waals surface area contributed by atoms with Gasteiger partial charge in [-0.05, 0) is 31.5 Å². The second kappa shape index (κ2) is 5.04. The van der Waals surface area contributed by atoms with Crippen molar-refractivity contribution in [3.05, 3.63) is 47.3 Å². The number of rotatable bonds is 4. The summed E-state index contributed by atoms with van der Waals surface area (Å²) in [5.41, 5.74) is 4.79. The van der Waals surface area contributed by atoms with Crippen LogP contribution in [0.15, 0.2) is 30.3 Å². The Balaban J connectivity index is 2.01. The van der Waals surface area contributed by atoms with Crippen molar-refractivity contribution in [2.45, 2.75) is 26.8 Å². The number of nitrogens with zero attached hydrogens (tertiary/aromatic N) is 2. The fourth-order valence-corrected chi connectivity index (χ4v) is 1.77. The standard InChI is InChI=1S/C14H19N3/c1-4-12-9-14(17(3)16-12)10-15-13-7-5-11(2)6-8-13/h5-9,15H,4,10H2,1-3H3. The third-order valence-electron chi connectivity index (χ3n) is 2.91. The molecule has 0 fully saturated rings. The quantitative estimate of drug-likeness (QED) is 0.873. The van der Waals surface area contributed by atoms with E-state index in [0.717, 1.165) is 24.3 Å². The van der Waals surface area contributed by atoms with Crippen LogP contribution in [0.4, 0.5) is 5.69 Å². The van der Waals surface area contributed by atoms with Crippen molar-refractivity contribution < 1.29 is 0 Å². The van der Waals surface area contributed by atoms with Gasteiger partial charge in [0, 0.05) is 12.7 Å². The van der Waals surface area contributed by atoms with Crippen LogP contribution in [0, 0.1) is 6.92 Å². The van der Waals surface area contributed by atoms with Gasteiger partial charge in [0.05, 0.1) is 17.9 Å². The summed E-state index contributed by atoms with van der Waals surface area (Å²) in [6, 6.07) is 10.6. The summed E-state index contributed by atoms with van der Waals surface area (Å²) < 4.78 is 1.94. The normalized spacial score (nSPS) is 10.5. The van der Waals surface area contributed by atoms with Gasteiger partial charge in [-0.1, -0.05) is 24.6 Å². The first-order valence-corrected chi connectivity index (χ1v) is 6.01. The Bertz CT molecular complexity index is 483. The van der Waals surface area contributed by atoms with Crippen LogP contribution in [-0.2, 0) is 20.0 Å². The molecule has 0 saturated heterocycles. The molecule has 0 amide bonds. The van der Waals surface area contributed by atoms with Crippen LogP contribution in [0.25, 0.3) is 0 Å². The molecule has 0 aliphatic rings. The van der Waals surface area contributed by atoms with E-state index in [1.807, 2.05) is 11.7 Å². The lowest BCUT2D eigenvalue weighted by molar-refractivity contribution is 0.707. The number of anilines is 1. The molecular weight excluding hydrogens is 210 g/mol. The molecule has 1 N–H and O–H groups in total. The van der Waals surface area contributed by atoms with Gasteiger partial charge in [0.1, 0.15) is 0 Å². The molecular formula is C14H19N3. The van der Waals surface area contributed by atoms with Crippen LogP contribution < -0.4 is 5.32 Å². The minimum Gasteiger partial charge on any atom is -0.379 e. The number of nitrogens with one attached hydrogen (secondary N) is 1. The molecule has 0 aliphatic heterocycles. The SMILES string of the molecule is CCc1cc(CNc2ccc(C)cc2)n(C)n1. The van der Waals surface area contributed by atoms with E-state index >= 15 is 0 Å². The first-order chi connectivity index (χ1) is 8.19. The molecule has 3 nitrogen and oxygen atoms in total. The highest BCUT2D eigenvalue weighted by Crippen LogP contribution is 2.11. The van der Waals surface area contributed by atoms with Gasteiger partial charge in [-0.2, -0.15) is 5.10 Å². The molecule has 1 aromatic heterocycles. The highest BCUT2D eigenvalue weighted by Gasteiger charge is 2.03. The fraction of sp³-hybridized carbons (Fsp3) is 0.357. The zero-order valence-electron chi connectivity index (χ0n) is 10.7. The molecule has 2 rings (SSSR count). The fourth-order valence-electron chi connectivity index (χ4n) is 1.77. The van der Waals surface area contributed by atoms with Crippen LogP contribution in [0.2, 0.25) is 0 Å². The number of aromatic nitrogens is 2. The van der Waals surface area contributed by atoms with Gasteiger partial charge in [-0.15, -0.1) is 0 Å². The lowest BCUT2D eigenvalue weighted by Crippen LogP contribution is -2.05. The van der Waals surface area contributed by atoms with Crippen LogP contribution in [0.1, 0.15) is 23.9 Å². The Labute approximate surface area is 102 Å². The van der Waals surface area contributed by atoms with Crippen molar-refractivity contribution in [3.8, 4) is 0 Å². The predicted molar refractivity (Wildman–Crippen MR) is 71.1 cm³/mol. The van der Waals surface area contributed by atoms with Gasteiger partial charge in [-0.25, -0.2) is 0 Å². The number of hydrogen-bond acceptors (Lipinski definition) is 2. The van der Waals surface area contributed by atoms with Crippen LogP contribution in [-0.4, -0.2) is 9.78 Å². The molecule has 17 heavy (non-hydrogen) atoms. The Morgan fingerprint density at radius 3 is 2.53 bits per heavy atom. The molecule has 1 aromatic carbocycles. The van der Waals surface area contributed by atoms with Crippen LogP contribution in [0.3, 0.4) is 0 Å². The maximum Gasteiger partial charge on any atom is 0.0625 e. The van der Waals surface area contributed by atoms with Gasteiger partial charge < -0.3 is 5.32 Å². The molecule has 90 valence electrons. The van der Waals surface area contributed by atoms with Crippen LogP contribution in [0.5, 0.6) is 0 Å². The van der Waals surface area contributed by atoms with Gasteiger partial charge in [0.15, 0.2) is 0 Å². The average Bonchev–Trinajstić information content (AvgIpc) is 2.69. The molecule has 0 aliphatic carbocycles. The number of hydrogen-bond donors (Lipinski definition) is 1. The summed E-state index contributed by atoms with van der Waals surface area (Å²) in [7, 11) is 1.99. The predicted octanol–water partition coefficient (Wildman–Crippen LogP) is 2.90. The zero-order valence-corrected chi connectivity index (χ0v) is 10.7. The Morgan fingerprint density at radius 1 is 1.24 bits per heavy atom. The summed E-state index contributed by atoms with van der Waals surface area (Å²) in [5, 5.41) is 7.84. The van der Waals surface area contributed by atoms with Crippen molar-refractivity contribution in [3.63, 3.8) is 0 Å². The van der Waals surface area contributed by atoms with E-state index in [0.29, 0.717) is 0 Å². The first kappa shape index (κ1) is 11.7. The molecule has 0 spiro atoms. The molecule has 0 atom stereocenters. The van der Waals surface area contributed by atoms with Crippen molar-refractivity contribution in [1.82, 2.24) is 9.78 Å². The van der Waals surface area contributed by atoms with E-state index in [2.05, 4.69) is 54.6 Å². The van der Waals surface area contributed by atoms with Crippen molar-refractivity contribution in [2.75, 3.05) is 5.32 Å². The Kier molecular flexibility index (Phi) is 3.47. The van der Waals surface area contributed by atoms with Crippen molar-refractivity contribution in [1.29, 1.82) is 0 Å². The van der Waals surface area contributed by atoms with E-state index < -0.39 is 0 Å². The number of benzene rings is 1. The van der Waals surface area contributed by atoms with E-state index in [9.17, 15) is 0 Å². The monoisotopic (exact) mass is 229 g/mol. The first-order valence-electron chi connectivity index (χ1n) is 6.01. The summed E-state index contributed by atoms with van der Waals surface area (Å²) in [4.78, 5) is 0. The summed E-state index contributed by atoms with van der Waals surface area (Å²) in [6.45, 7) is 5.03. The lowest BCUT2D eigenvalue weighted by atomic mass is 10.2. The maximum absolute atomic E-state index is 4.43. The summed E-state index contributed by atoms with van der Waals surface area (Å²) >= 11 is 0. The van der Waals surface area contributed by atoms with Gasteiger partial charge in [0.2, 0.25) is 0 Å². The molecule has 0 bridgehead atoms. The topological polar surface area (TPSA) is 29.9 Å². The van der Waals surface area contributed by atoms with Gasteiger partial charge >= 0.3 is 0 Å². The maximum atomic E-state index is 4.43. The lowest BCUT2D eigenvalue weighted by Gasteiger charge is -2.06. The van der Waals surface area contributed by atoms with Gasteiger partial charge in [-0.3, -0.25) is 4.68 Å². The average molecular weight is 229 g/mol. The second-order valence-electron chi connectivity index (χ2n) is 4.32. The minimum absolute atomic E-state index is 0.812. The molecule has 3 heteroatoms. The van der Waals surface area contributed by atoms with Crippen molar-refractivity contribution in [2.24, 2.45) is 7.05 Å². The van der Waals surface area contributed by atoms with E-state index in [-0.39, 0.29) is 0 Å². The van der Waals surface area contributed by atoms with Crippen molar-refractivity contribution >= 4 is 5.69 Å². The summed E-state index contributed by atoms with van der Waals surface area (Å²) in [6.07, 6.45) is 0.984. The highest BCUT2D eigenvalue weighted by atomic mass is 15.3. The van der Waals surface area contributed by atoms with E-state index in [1.54, 1.807) is 0 Å². The number of aryl methyl sites for hydroxylation is 3. The smallest absolute Gasteiger partial charge is 0.0625 e. The Hall–Kier alpha value is -1.77. The second-order valence-corrected chi connectivity index (χ2v) is 4.32. The third-order valence-corrected chi connectivity index (χ3v) is 2.91. The summed E-state index contributed by atoms with van der Waals surface area (Å²) in [5.74, 6) is 0. The minimum atomic E-state index is 0.812. The molecule has 0 radical (unpaired) electrons. The molecule has 1 heterocycles. The molecule has 2 aromatic rings. The Morgan fingerprint density at radius 2 is 1.94 bits per heavy atom. The van der Waals surface area contributed by atoms with E-state index in [1.165, 1.54) is 11.3 Å². The van der Waals surface area contributed by atoms with Crippen LogP contribution >= 0.6 is 0 Å². The van der Waals surface area contributed by atoms with Gasteiger partial charge in [0.25, 0.3) is 0 Å².